The third-order valence-corrected chi connectivity index (χ3v) is 6.98. The van der Waals surface area contributed by atoms with Crippen LogP contribution in [0.1, 0.15) is 31.2 Å². The summed E-state index contributed by atoms with van der Waals surface area (Å²) < 4.78 is 16.2. The minimum absolute atomic E-state index is 0.0601. The molecule has 1 unspecified atom stereocenters. The van der Waals surface area contributed by atoms with Crippen molar-refractivity contribution in [3.05, 3.63) is 59.4 Å². The molecule has 2 aliphatic heterocycles. The maximum Gasteiger partial charge on any atom is 0.151 e. The Morgan fingerprint density at radius 2 is 1.83 bits per heavy atom. The summed E-state index contributed by atoms with van der Waals surface area (Å²) in [5, 5.41) is 27.4. The van der Waals surface area contributed by atoms with E-state index in [-0.39, 0.29) is 34.5 Å². The highest BCUT2D eigenvalue weighted by Gasteiger charge is 2.40. The number of nitrogens with one attached hydrogen (secondary N) is 1. The molecule has 0 amide bonds. The molecule has 0 radical (unpaired) electrons. The van der Waals surface area contributed by atoms with Crippen LogP contribution in [0, 0.1) is 17.1 Å². The number of pyridine rings is 1. The number of hydrogen-bond acceptors (Lipinski definition) is 8. The number of aliphatic hydroxyl groups excluding tert-OH is 1. The van der Waals surface area contributed by atoms with Crippen LogP contribution in [-0.4, -0.2) is 48.0 Å². The lowest BCUT2D eigenvalue weighted by Crippen LogP contribution is -2.45. The van der Waals surface area contributed by atoms with E-state index in [0.717, 1.165) is 37.6 Å². The van der Waals surface area contributed by atoms with Gasteiger partial charge in [0.2, 0.25) is 0 Å². The molecule has 9 nitrogen and oxygen atoms in total. The molecule has 2 bridgehead atoms. The lowest BCUT2D eigenvalue weighted by Gasteiger charge is -2.38. The smallest absolute Gasteiger partial charge is 0.151 e. The summed E-state index contributed by atoms with van der Waals surface area (Å²) in [4.78, 5) is 15.5. The van der Waals surface area contributed by atoms with E-state index < -0.39 is 5.82 Å². The number of hydrogen-bond donors (Lipinski definition) is 2. The van der Waals surface area contributed by atoms with Crippen LogP contribution < -0.4 is 10.2 Å². The molecule has 35 heavy (non-hydrogen) atoms. The average Bonchev–Trinajstić information content (AvgIpc) is 3.37. The van der Waals surface area contributed by atoms with Crippen molar-refractivity contribution in [3.8, 4) is 11.8 Å². The number of halogens is 2. The van der Waals surface area contributed by atoms with Gasteiger partial charge in [0.15, 0.2) is 5.82 Å². The SMILES string of the molecule is N#Cc1cc(F)c(-n2ncc3cnc(Nc4cc(N5[C@@H]6CC[C@H]5CC(O)C6)ncn4)cc32)c(Cl)c1. The van der Waals surface area contributed by atoms with Crippen molar-refractivity contribution < 1.29 is 9.50 Å². The molecule has 2 N–H and O–H groups in total. The number of fused-ring (bicyclic) bond motifs is 3. The predicted octanol–water partition coefficient (Wildman–Crippen LogP) is 4.11. The molecule has 5 heterocycles. The molecule has 2 fully saturated rings. The minimum atomic E-state index is -0.646. The molecule has 4 aromatic rings. The van der Waals surface area contributed by atoms with Crippen molar-refractivity contribution in [2.24, 2.45) is 0 Å². The van der Waals surface area contributed by atoms with E-state index in [0.29, 0.717) is 22.5 Å². The van der Waals surface area contributed by atoms with Crippen molar-refractivity contribution in [2.75, 3.05) is 10.2 Å². The molecule has 2 aliphatic rings. The Balaban J connectivity index is 1.32. The van der Waals surface area contributed by atoms with Gasteiger partial charge < -0.3 is 15.3 Å². The average molecular weight is 491 g/mol. The first-order valence-electron chi connectivity index (χ1n) is 11.3. The van der Waals surface area contributed by atoms with Gasteiger partial charge in [-0.15, -0.1) is 0 Å². The molecule has 0 saturated carbocycles. The third-order valence-electron chi connectivity index (χ3n) is 6.69. The van der Waals surface area contributed by atoms with Crippen LogP contribution in [0.3, 0.4) is 0 Å². The number of benzene rings is 1. The van der Waals surface area contributed by atoms with Crippen LogP contribution >= 0.6 is 11.6 Å². The predicted molar refractivity (Wildman–Crippen MR) is 128 cm³/mol. The topological polar surface area (TPSA) is 116 Å². The van der Waals surface area contributed by atoms with Gasteiger partial charge in [-0.2, -0.15) is 10.4 Å². The standard InChI is InChI=1S/C24H20ClFN8O/c25-18-3-13(9-27)4-19(26)24(18)34-20-7-21(28-10-14(20)11-31-34)32-22-8-23(30-12-29-22)33-15-1-2-16(33)6-17(35)5-15/h3-4,7-8,10-12,15-17,35H,1-2,5-6H2,(H,28,29,30,32)/t15-,16+,17?. The number of nitriles is 1. The quantitative estimate of drug-likeness (QED) is 0.439. The second kappa shape index (κ2) is 8.45. The highest BCUT2D eigenvalue weighted by molar-refractivity contribution is 6.32. The van der Waals surface area contributed by atoms with Gasteiger partial charge >= 0.3 is 0 Å². The van der Waals surface area contributed by atoms with Crippen LogP contribution in [0.4, 0.5) is 21.8 Å². The van der Waals surface area contributed by atoms with Gasteiger partial charge in [0, 0.05) is 35.8 Å². The van der Waals surface area contributed by atoms with Crippen LogP contribution in [0.25, 0.3) is 16.6 Å². The first kappa shape index (κ1) is 21.7. The highest BCUT2D eigenvalue weighted by atomic mass is 35.5. The summed E-state index contributed by atoms with van der Waals surface area (Å²) in [6.07, 6.45) is 8.06. The minimum Gasteiger partial charge on any atom is -0.393 e. The molecule has 1 aromatic carbocycles. The molecule has 11 heteroatoms. The fraction of sp³-hybridized carbons (Fsp3) is 0.292. The number of nitrogens with zero attached hydrogens (tertiary/aromatic N) is 7. The summed E-state index contributed by atoms with van der Waals surface area (Å²) in [5.74, 6) is 1.23. The van der Waals surface area contributed by atoms with E-state index in [4.69, 9.17) is 16.9 Å². The molecule has 0 aliphatic carbocycles. The van der Waals surface area contributed by atoms with Gasteiger partial charge in [-0.1, -0.05) is 11.6 Å². The zero-order chi connectivity index (χ0) is 24.1. The van der Waals surface area contributed by atoms with Gasteiger partial charge in [-0.3, -0.25) is 0 Å². The summed E-state index contributed by atoms with van der Waals surface area (Å²) in [5.41, 5.74) is 0.781. The highest BCUT2D eigenvalue weighted by Crippen LogP contribution is 2.39. The van der Waals surface area contributed by atoms with Crippen LogP contribution in [0.2, 0.25) is 5.02 Å². The molecular weight excluding hydrogens is 471 g/mol. The van der Waals surface area contributed by atoms with Crippen LogP contribution in [0.15, 0.2) is 43.0 Å². The molecule has 0 spiro atoms. The Bertz CT molecular complexity index is 1450. The van der Waals surface area contributed by atoms with E-state index in [2.05, 4.69) is 30.3 Å². The van der Waals surface area contributed by atoms with Crippen molar-refractivity contribution in [1.82, 2.24) is 24.7 Å². The maximum atomic E-state index is 14.8. The zero-order valence-electron chi connectivity index (χ0n) is 18.4. The van der Waals surface area contributed by atoms with E-state index in [1.165, 1.54) is 17.1 Å². The number of aromatic nitrogens is 5. The van der Waals surface area contributed by atoms with Crippen molar-refractivity contribution in [1.29, 1.82) is 5.26 Å². The summed E-state index contributed by atoms with van der Waals surface area (Å²) in [7, 11) is 0. The second-order valence-corrected chi connectivity index (χ2v) is 9.30. The van der Waals surface area contributed by atoms with Crippen molar-refractivity contribution >= 4 is 40.0 Å². The van der Waals surface area contributed by atoms with E-state index >= 15 is 0 Å². The number of piperidine rings is 1. The van der Waals surface area contributed by atoms with E-state index in [1.54, 1.807) is 18.5 Å². The Morgan fingerprint density at radius 1 is 1.06 bits per heavy atom. The van der Waals surface area contributed by atoms with E-state index in [9.17, 15) is 9.50 Å². The fourth-order valence-corrected chi connectivity index (χ4v) is 5.50. The Morgan fingerprint density at radius 3 is 2.57 bits per heavy atom. The largest absolute Gasteiger partial charge is 0.393 e. The van der Waals surface area contributed by atoms with Gasteiger partial charge in [0.1, 0.15) is 29.5 Å². The van der Waals surface area contributed by atoms with E-state index in [1.807, 2.05) is 12.1 Å². The zero-order valence-corrected chi connectivity index (χ0v) is 19.2. The molecule has 3 aromatic heterocycles. The van der Waals surface area contributed by atoms with Crippen LogP contribution in [0.5, 0.6) is 0 Å². The molecule has 2 saturated heterocycles. The van der Waals surface area contributed by atoms with Gasteiger partial charge in [-0.05, 0) is 37.8 Å². The maximum absolute atomic E-state index is 14.8. The fourth-order valence-electron chi connectivity index (χ4n) is 5.21. The number of anilines is 3. The molecule has 3 atom stereocenters. The Labute approximate surface area is 204 Å². The summed E-state index contributed by atoms with van der Waals surface area (Å²) in [6, 6.07) is 8.60. The number of aliphatic hydroxyl groups is 1. The van der Waals surface area contributed by atoms with Crippen molar-refractivity contribution in [2.45, 2.75) is 43.9 Å². The Kier molecular flexibility index (Phi) is 5.24. The third kappa shape index (κ3) is 3.83. The lowest BCUT2D eigenvalue weighted by molar-refractivity contribution is 0.126. The summed E-state index contributed by atoms with van der Waals surface area (Å²) >= 11 is 6.28. The first-order valence-corrected chi connectivity index (χ1v) is 11.7. The molecule has 6 rings (SSSR count). The second-order valence-electron chi connectivity index (χ2n) is 8.89. The van der Waals surface area contributed by atoms with Crippen LogP contribution in [-0.2, 0) is 0 Å². The van der Waals surface area contributed by atoms with Crippen molar-refractivity contribution in [3.63, 3.8) is 0 Å². The normalized spacial score (nSPS) is 21.3. The monoisotopic (exact) mass is 490 g/mol. The molecule has 176 valence electrons. The van der Waals surface area contributed by atoms with Gasteiger partial charge in [0.25, 0.3) is 0 Å². The van der Waals surface area contributed by atoms with Gasteiger partial charge in [-0.25, -0.2) is 24.0 Å². The number of rotatable bonds is 4. The Hall–Kier alpha value is -3.81. The molecular formula is C24H20ClFN8O. The lowest BCUT2D eigenvalue weighted by atomic mass is 10.00. The van der Waals surface area contributed by atoms with Gasteiger partial charge in [0.05, 0.1) is 34.5 Å². The first-order chi connectivity index (χ1) is 17.0. The summed E-state index contributed by atoms with van der Waals surface area (Å²) in [6.45, 7) is 0.